The molecule has 86 valence electrons. The van der Waals surface area contributed by atoms with E-state index in [2.05, 4.69) is 31.9 Å². The van der Waals surface area contributed by atoms with E-state index >= 15 is 0 Å². The number of rotatable bonds is 3. The van der Waals surface area contributed by atoms with Crippen molar-refractivity contribution in [1.29, 1.82) is 0 Å². The Balaban J connectivity index is 2.86. The van der Waals surface area contributed by atoms with Crippen molar-refractivity contribution in [3.63, 3.8) is 0 Å². The summed E-state index contributed by atoms with van der Waals surface area (Å²) in [6.45, 7) is 2.14. The molecule has 0 fully saturated rings. The molecule has 0 amide bonds. The number of benzene rings is 1. The van der Waals surface area contributed by atoms with Crippen LogP contribution in [0.1, 0.15) is 12.5 Å². The molecule has 0 aliphatic carbocycles. The number of halogens is 2. The summed E-state index contributed by atoms with van der Waals surface area (Å²) < 4.78 is 6.34. The molecule has 0 aliphatic rings. The highest BCUT2D eigenvalue weighted by molar-refractivity contribution is 9.11. The number of ether oxygens (including phenoxy) is 1. The molecule has 1 aromatic rings. The summed E-state index contributed by atoms with van der Waals surface area (Å²) in [5.41, 5.74) is 7.24. The van der Waals surface area contributed by atoms with Gasteiger partial charge in [-0.05, 0) is 62.6 Å². The van der Waals surface area contributed by atoms with Gasteiger partial charge in [0.1, 0.15) is 0 Å². The van der Waals surface area contributed by atoms with Crippen molar-refractivity contribution >= 4 is 49.6 Å². The number of nitrogens with two attached hydrogens (primary N) is 1. The van der Waals surface area contributed by atoms with Gasteiger partial charge in [0.05, 0.1) is 12.3 Å². The minimum Gasteiger partial charge on any atom is -0.463 e. The third-order valence-corrected chi connectivity index (χ3v) is 3.11. The molecule has 3 nitrogen and oxygen atoms in total. The maximum atomic E-state index is 11.1. The van der Waals surface area contributed by atoms with E-state index in [4.69, 9.17) is 10.5 Å². The standard InChI is InChI=1S/C11H11Br2NO2/c1-2-16-10(15)4-3-7-5-8(12)11(14)9(13)6-7/h3-6H,2,14H2,1H3/b4-3+. The summed E-state index contributed by atoms with van der Waals surface area (Å²) >= 11 is 6.66. The van der Waals surface area contributed by atoms with Gasteiger partial charge in [0, 0.05) is 15.0 Å². The molecule has 0 heterocycles. The predicted molar refractivity (Wildman–Crippen MR) is 71.9 cm³/mol. The Morgan fingerprint density at radius 1 is 1.44 bits per heavy atom. The van der Waals surface area contributed by atoms with Crippen molar-refractivity contribution < 1.29 is 9.53 Å². The zero-order valence-corrected chi connectivity index (χ0v) is 11.8. The van der Waals surface area contributed by atoms with Gasteiger partial charge in [-0.3, -0.25) is 0 Å². The maximum Gasteiger partial charge on any atom is 0.330 e. The molecule has 0 saturated heterocycles. The second-order valence-electron chi connectivity index (χ2n) is 2.98. The molecule has 0 spiro atoms. The van der Waals surface area contributed by atoms with Crippen LogP contribution >= 0.6 is 31.9 Å². The van der Waals surface area contributed by atoms with Gasteiger partial charge in [-0.1, -0.05) is 0 Å². The Morgan fingerprint density at radius 3 is 2.50 bits per heavy atom. The molecule has 0 radical (unpaired) electrons. The Kier molecular flexibility index (Phi) is 5.02. The Hall–Kier alpha value is -0.810. The number of hydrogen-bond acceptors (Lipinski definition) is 3. The first kappa shape index (κ1) is 13.3. The fraction of sp³-hybridized carbons (Fsp3) is 0.182. The third kappa shape index (κ3) is 3.64. The molecule has 2 N–H and O–H groups in total. The van der Waals surface area contributed by atoms with Crippen LogP contribution < -0.4 is 5.73 Å². The van der Waals surface area contributed by atoms with Gasteiger partial charge in [0.15, 0.2) is 0 Å². The van der Waals surface area contributed by atoms with E-state index < -0.39 is 0 Å². The highest BCUT2D eigenvalue weighted by Crippen LogP contribution is 2.29. The zero-order valence-electron chi connectivity index (χ0n) is 8.67. The molecule has 5 heteroatoms. The molecular weight excluding hydrogens is 338 g/mol. The van der Waals surface area contributed by atoms with Crippen LogP contribution in [0.5, 0.6) is 0 Å². The molecule has 0 atom stereocenters. The molecular formula is C11H11Br2NO2. The van der Waals surface area contributed by atoms with Crippen LogP contribution in [0.3, 0.4) is 0 Å². The van der Waals surface area contributed by atoms with E-state index in [1.54, 1.807) is 13.0 Å². The molecule has 0 unspecified atom stereocenters. The summed E-state index contributed by atoms with van der Waals surface area (Å²) in [7, 11) is 0. The summed E-state index contributed by atoms with van der Waals surface area (Å²) in [6.07, 6.45) is 3.06. The SMILES string of the molecule is CCOC(=O)/C=C/c1cc(Br)c(N)c(Br)c1. The van der Waals surface area contributed by atoms with Crippen LogP contribution in [0.15, 0.2) is 27.2 Å². The molecule has 16 heavy (non-hydrogen) atoms. The second kappa shape index (κ2) is 6.06. The maximum absolute atomic E-state index is 11.1. The van der Waals surface area contributed by atoms with Crippen molar-refractivity contribution in [2.45, 2.75) is 6.92 Å². The summed E-state index contributed by atoms with van der Waals surface area (Å²) in [6, 6.07) is 3.66. The number of anilines is 1. The van der Waals surface area contributed by atoms with Gasteiger partial charge in [-0.15, -0.1) is 0 Å². The van der Waals surface area contributed by atoms with Crippen molar-refractivity contribution in [2.24, 2.45) is 0 Å². The van der Waals surface area contributed by atoms with Crippen LogP contribution in [-0.4, -0.2) is 12.6 Å². The van der Waals surface area contributed by atoms with E-state index in [1.165, 1.54) is 6.08 Å². The monoisotopic (exact) mass is 347 g/mol. The largest absolute Gasteiger partial charge is 0.463 e. The number of carbonyl (C=O) groups excluding carboxylic acids is 1. The Labute approximate surface area is 111 Å². The lowest BCUT2D eigenvalue weighted by molar-refractivity contribution is -0.137. The van der Waals surface area contributed by atoms with E-state index in [0.717, 1.165) is 14.5 Å². The highest BCUT2D eigenvalue weighted by Gasteiger charge is 2.02. The van der Waals surface area contributed by atoms with Crippen molar-refractivity contribution in [1.82, 2.24) is 0 Å². The normalized spacial score (nSPS) is 10.7. The molecule has 1 aromatic carbocycles. The smallest absolute Gasteiger partial charge is 0.330 e. The Bertz CT molecular complexity index is 407. The molecule has 0 saturated carbocycles. The molecule has 1 rings (SSSR count). The number of nitrogen functional groups attached to an aromatic ring is 1. The lowest BCUT2D eigenvalue weighted by Gasteiger charge is -2.03. The number of esters is 1. The van der Waals surface area contributed by atoms with Crippen LogP contribution in [0.25, 0.3) is 6.08 Å². The van der Waals surface area contributed by atoms with Gasteiger partial charge in [0.25, 0.3) is 0 Å². The first-order chi connectivity index (χ1) is 7.54. The van der Waals surface area contributed by atoms with Gasteiger partial charge < -0.3 is 10.5 Å². The first-order valence-corrected chi connectivity index (χ1v) is 6.22. The summed E-state index contributed by atoms with van der Waals surface area (Å²) in [5.74, 6) is -0.355. The molecule has 0 aromatic heterocycles. The first-order valence-electron chi connectivity index (χ1n) is 4.64. The van der Waals surface area contributed by atoms with Gasteiger partial charge in [-0.25, -0.2) is 4.79 Å². The predicted octanol–water partition coefficient (Wildman–Crippen LogP) is 3.37. The average Bonchev–Trinajstić information content (AvgIpc) is 2.23. The van der Waals surface area contributed by atoms with Crippen molar-refractivity contribution in [2.75, 3.05) is 12.3 Å². The minimum absolute atomic E-state index is 0.355. The van der Waals surface area contributed by atoms with Gasteiger partial charge in [-0.2, -0.15) is 0 Å². The summed E-state index contributed by atoms with van der Waals surface area (Å²) in [5, 5.41) is 0. The fourth-order valence-electron chi connectivity index (χ4n) is 1.05. The van der Waals surface area contributed by atoms with Crippen molar-refractivity contribution in [3.8, 4) is 0 Å². The van der Waals surface area contributed by atoms with Crippen LogP contribution in [0.2, 0.25) is 0 Å². The lowest BCUT2D eigenvalue weighted by atomic mass is 10.2. The quantitative estimate of drug-likeness (QED) is 0.517. The molecule has 0 bridgehead atoms. The van der Waals surface area contributed by atoms with E-state index in [-0.39, 0.29) is 5.97 Å². The molecule has 0 aliphatic heterocycles. The zero-order chi connectivity index (χ0) is 12.1. The minimum atomic E-state index is -0.355. The lowest BCUT2D eigenvalue weighted by Crippen LogP contribution is -1.98. The van der Waals surface area contributed by atoms with E-state index in [0.29, 0.717) is 12.3 Å². The topological polar surface area (TPSA) is 52.3 Å². The van der Waals surface area contributed by atoms with Crippen LogP contribution in [0.4, 0.5) is 5.69 Å². The number of hydrogen-bond donors (Lipinski definition) is 1. The Morgan fingerprint density at radius 2 is 2.00 bits per heavy atom. The van der Waals surface area contributed by atoms with E-state index in [9.17, 15) is 4.79 Å². The van der Waals surface area contributed by atoms with Gasteiger partial charge >= 0.3 is 5.97 Å². The van der Waals surface area contributed by atoms with Crippen molar-refractivity contribution in [3.05, 3.63) is 32.7 Å². The second-order valence-corrected chi connectivity index (χ2v) is 4.69. The van der Waals surface area contributed by atoms with Crippen LogP contribution in [-0.2, 0) is 9.53 Å². The van der Waals surface area contributed by atoms with E-state index in [1.807, 2.05) is 12.1 Å². The third-order valence-electron chi connectivity index (χ3n) is 1.80. The van der Waals surface area contributed by atoms with Crippen LogP contribution in [0, 0.1) is 0 Å². The van der Waals surface area contributed by atoms with Gasteiger partial charge in [0.2, 0.25) is 0 Å². The average molecular weight is 349 g/mol. The number of carbonyl (C=O) groups is 1. The summed E-state index contributed by atoms with van der Waals surface area (Å²) in [4.78, 5) is 11.1. The fourth-order valence-corrected chi connectivity index (χ4v) is 2.28. The highest BCUT2D eigenvalue weighted by atomic mass is 79.9.